The maximum atomic E-state index is 5.86. The Morgan fingerprint density at radius 1 is 0.353 bits per heavy atom. The Hall–Kier alpha value is -7.58. The molecule has 10 aromatic rings. The third-order valence-electron chi connectivity index (χ3n) is 15.4. The number of aromatic nitrogens is 1. The highest BCUT2D eigenvalue weighted by atomic mass is 28.3. The van der Waals surface area contributed by atoms with Crippen LogP contribution in [0.3, 0.4) is 0 Å². The molecule has 0 radical (unpaired) electrons. The average molecular weight is 906 g/mol. The number of pyridine rings is 1. The summed E-state index contributed by atoms with van der Waals surface area (Å²) in [6, 6.07) is 91.7. The molecule has 0 bridgehead atoms. The third-order valence-corrected chi connectivity index (χ3v) is 25.1. The van der Waals surface area contributed by atoms with E-state index in [4.69, 9.17) is 4.98 Å². The van der Waals surface area contributed by atoms with E-state index in [-0.39, 0.29) is 0 Å². The molecule has 3 nitrogen and oxygen atoms in total. The minimum atomic E-state index is -2.78. The molecule has 0 amide bonds. The largest absolute Gasteiger partial charge is 0.311 e. The van der Waals surface area contributed by atoms with Crippen LogP contribution in [0.1, 0.15) is 43.6 Å². The molecule has 0 saturated heterocycles. The molecule has 1 aliphatic carbocycles. The van der Waals surface area contributed by atoms with Crippen molar-refractivity contribution in [2.24, 2.45) is 0 Å². The Kier molecular flexibility index (Phi) is 9.95. The molecule has 0 N–H and O–H groups in total. The smallest absolute Gasteiger partial charge is 0.184 e. The fourth-order valence-corrected chi connectivity index (χ4v) is 22.8. The topological polar surface area (TPSA) is 19.4 Å². The lowest BCUT2D eigenvalue weighted by Crippen LogP contribution is -2.77. The summed E-state index contributed by atoms with van der Waals surface area (Å²) in [7, 11) is -5.54. The van der Waals surface area contributed by atoms with Crippen molar-refractivity contribution in [2.45, 2.75) is 38.0 Å². The molecule has 2 aliphatic heterocycles. The van der Waals surface area contributed by atoms with Gasteiger partial charge in [-0.1, -0.05) is 219 Å². The van der Waals surface area contributed by atoms with E-state index in [2.05, 4.69) is 252 Å². The maximum absolute atomic E-state index is 5.86. The number of hydrogen-bond acceptors (Lipinski definition) is 3. The van der Waals surface area contributed by atoms with Gasteiger partial charge in [0, 0.05) is 33.8 Å². The molecule has 1 fully saturated rings. The number of hydrogen-bond donors (Lipinski definition) is 0. The van der Waals surface area contributed by atoms with Gasteiger partial charge in [0.1, 0.15) is 5.82 Å². The van der Waals surface area contributed by atoms with Crippen molar-refractivity contribution in [1.29, 1.82) is 0 Å². The van der Waals surface area contributed by atoms with Crippen LogP contribution < -0.4 is 51.3 Å². The van der Waals surface area contributed by atoms with Gasteiger partial charge in [-0.15, -0.1) is 0 Å². The number of benzene rings is 9. The number of rotatable bonds is 7. The Morgan fingerprint density at radius 2 is 0.721 bits per heavy atom. The Labute approximate surface area is 401 Å². The number of nitrogens with zero attached hydrogens (tertiary/aromatic N) is 3. The molecular weight excluding hydrogens is 855 g/mol. The second-order valence-corrected chi connectivity index (χ2v) is 26.3. The van der Waals surface area contributed by atoms with Crippen molar-refractivity contribution in [3.8, 4) is 0 Å². The SMILES string of the molecule is c1ccc([Si]2(c3ccccc3)c3ccccc3N(c3ccc4c(C5CCCCC5)cc(N5c6ccccc6[Si](c6ccccc6)(c6ccccc6)c6ccccc65)nc4c3)c3ccccc32)cc1. The number of fused-ring (bicyclic) bond motifs is 5. The van der Waals surface area contributed by atoms with E-state index in [1.165, 1.54) is 107 Å². The van der Waals surface area contributed by atoms with Crippen molar-refractivity contribution >= 4 is 103 Å². The summed E-state index contributed by atoms with van der Waals surface area (Å²) in [6.45, 7) is 0. The highest BCUT2D eigenvalue weighted by Gasteiger charge is 2.50. The first-order chi connectivity index (χ1) is 33.8. The van der Waals surface area contributed by atoms with Crippen molar-refractivity contribution in [3.63, 3.8) is 0 Å². The van der Waals surface area contributed by atoms with E-state index in [1.807, 2.05) is 0 Å². The zero-order valence-corrected chi connectivity index (χ0v) is 40.0. The molecule has 1 aromatic heterocycles. The van der Waals surface area contributed by atoms with Crippen LogP contribution in [0.15, 0.2) is 243 Å². The summed E-state index contributed by atoms with van der Waals surface area (Å²) in [5.74, 6) is 1.45. The molecular formula is C63H51N3Si2. The van der Waals surface area contributed by atoms with E-state index < -0.39 is 16.1 Å². The summed E-state index contributed by atoms with van der Waals surface area (Å²) in [6.07, 6.45) is 6.22. The van der Waals surface area contributed by atoms with E-state index in [0.717, 1.165) is 17.0 Å². The Bertz CT molecular complexity index is 3280. The molecule has 68 heavy (non-hydrogen) atoms. The summed E-state index contributed by atoms with van der Waals surface area (Å²) in [4.78, 5) is 10.9. The second kappa shape index (κ2) is 16.6. The van der Waals surface area contributed by atoms with Crippen LogP contribution in [0.25, 0.3) is 10.9 Å². The lowest BCUT2D eigenvalue weighted by molar-refractivity contribution is 0.445. The van der Waals surface area contributed by atoms with E-state index >= 15 is 0 Å². The van der Waals surface area contributed by atoms with Crippen molar-refractivity contribution in [3.05, 3.63) is 248 Å². The van der Waals surface area contributed by atoms with Crippen LogP contribution in [0, 0.1) is 0 Å². The van der Waals surface area contributed by atoms with E-state index in [1.54, 1.807) is 0 Å². The van der Waals surface area contributed by atoms with Crippen LogP contribution in [-0.4, -0.2) is 21.1 Å². The molecule has 3 heterocycles. The van der Waals surface area contributed by atoms with Gasteiger partial charge in [0.25, 0.3) is 0 Å². The average Bonchev–Trinajstić information content (AvgIpc) is 3.42. The molecule has 13 rings (SSSR count). The molecule has 326 valence electrons. The first-order valence-corrected chi connectivity index (χ1v) is 28.4. The molecule has 5 heteroatoms. The molecule has 3 aliphatic rings. The predicted molar refractivity (Wildman–Crippen MR) is 291 cm³/mol. The van der Waals surface area contributed by atoms with Crippen LogP contribution in [0.4, 0.5) is 34.3 Å². The highest BCUT2D eigenvalue weighted by Crippen LogP contribution is 2.45. The lowest BCUT2D eigenvalue weighted by atomic mass is 9.82. The van der Waals surface area contributed by atoms with Gasteiger partial charge in [0.2, 0.25) is 0 Å². The normalized spacial score (nSPS) is 15.8. The fraction of sp³-hybridized carbons (Fsp3) is 0.0952. The molecule has 1 saturated carbocycles. The third kappa shape index (κ3) is 6.12. The lowest BCUT2D eigenvalue weighted by Gasteiger charge is -2.45. The predicted octanol–water partition coefficient (Wildman–Crippen LogP) is 10.6. The summed E-state index contributed by atoms with van der Waals surface area (Å²) >= 11 is 0. The van der Waals surface area contributed by atoms with Gasteiger partial charge in [-0.25, -0.2) is 4.98 Å². The van der Waals surface area contributed by atoms with Crippen molar-refractivity contribution in [2.75, 3.05) is 9.80 Å². The van der Waals surface area contributed by atoms with Gasteiger partial charge in [-0.05, 0) is 108 Å². The second-order valence-electron chi connectivity index (χ2n) is 18.8. The maximum Gasteiger partial charge on any atom is 0.184 e. The summed E-state index contributed by atoms with van der Waals surface area (Å²) in [5, 5.41) is 12.4. The zero-order chi connectivity index (χ0) is 45.1. The van der Waals surface area contributed by atoms with Crippen LogP contribution >= 0.6 is 0 Å². The van der Waals surface area contributed by atoms with Gasteiger partial charge in [0.05, 0.1) is 5.52 Å². The van der Waals surface area contributed by atoms with Gasteiger partial charge >= 0.3 is 0 Å². The highest BCUT2D eigenvalue weighted by molar-refractivity contribution is 7.22. The zero-order valence-electron chi connectivity index (χ0n) is 38.0. The van der Waals surface area contributed by atoms with E-state index in [9.17, 15) is 0 Å². The first kappa shape index (κ1) is 40.7. The minimum absolute atomic E-state index is 0.469. The van der Waals surface area contributed by atoms with Crippen LogP contribution in [-0.2, 0) is 0 Å². The van der Waals surface area contributed by atoms with Gasteiger partial charge in [-0.2, -0.15) is 0 Å². The monoisotopic (exact) mass is 905 g/mol. The summed E-state index contributed by atoms with van der Waals surface area (Å²) in [5.41, 5.74) is 8.47. The molecule has 0 atom stereocenters. The minimum Gasteiger partial charge on any atom is -0.311 e. The number of para-hydroxylation sites is 4. The quantitative estimate of drug-likeness (QED) is 0.149. The Morgan fingerprint density at radius 3 is 1.13 bits per heavy atom. The standard InChI is InChI=1S/C63H51N3Si2/c1-6-24-46(25-7-1)53-45-63(66-57-36-18-22-40-61(57)68(50-30-12-4-13-31-50,51-32-14-5-15-33-51)62-41-23-19-37-58(62)66)64-54-44-47(42-43-52(53)54)65-55-34-16-20-38-59(55)67(48-26-8-2-9-27-48,49-28-10-3-11-29-49)60-39-21-17-35-56(60)65/h2-5,8-23,26-46H,1,6-7,24-25H2. The fourth-order valence-electron chi connectivity index (χ4n) is 12.6. The summed E-state index contributed by atoms with van der Waals surface area (Å²) < 4.78 is 0. The van der Waals surface area contributed by atoms with Gasteiger partial charge in [-0.3, -0.25) is 4.90 Å². The van der Waals surface area contributed by atoms with Gasteiger partial charge in [0.15, 0.2) is 16.1 Å². The van der Waals surface area contributed by atoms with Crippen molar-refractivity contribution < 1.29 is 0 Å². The number of anilines is 6. The van der Waals surface area contributed by atoms with E-state index in [0.29, 0.717) is 5.92 Å². The van der Waals surface area contributed by atoms with Gasteiger partial charge < -0.3 is 4.90 Å². The molecule has 0 spiro atoms. The molecule has 0 unspecified atom stereocenters. The molecule has 9 aromatic carbocycles. The van der Waals surface area contributed by atoms with Crippen molar-refractivity contribution in [1.82, 2.24) is 4.98 Å². The Balaban J connectivity index is 1.05. The van der Waals surface area contributed by atoms with Crippen LogP contribution in [0.2, 0.25) is 0 Å². The van der Waals surface area contributed by atoms with Crippen LogP contribution in [0.5, 0.6) is 0 Å². The first-order valence-electron chi connectivity index (χ1n) is 24.4.